The summed E-state index contributed by atoms with van der Waals surface area (Å²) in [6.45, 7) is 0. The molecule has 19 heavy (non-hydrogen) atoms. The van der Waals surface area contributed by atoms with Crippen molar-refractivity contribution in [1.82, 2.24) is 0 Å². The second kappa shape index (κ2) is 6.07. The van der Waals surface area contributed by atoms with Crippen molar-refractivity contribution in [2.45, 2.75) is 0 Å². The van der Waals surface area contributed by atoms with Gasteiger partial charge < -0.3 is 5.32 Å². The first-order valence-corrected chi connectivity index (χ1v) is 7.02. The van der Waals surface area contributed by atoms with Gasteiger partial charge in [0.2, 0.25) is 0 Å². The summed E-state index contributed by atoms with van der Waals surface area (Å²) in [4.78, 5) is 11.9. The fourth-order valence-corrected chi connectivity index (χ4v) is 2.17. The Morgan fingerprint density at radius 2 is 1.84 bits per heavy atom. The molecule has 0 fully saturated rings. The zero-order chi connectivity index (χ0) is 14.0. The third-order valence-electron chi connectivity index (χ3n) is 2.36. The lowest BCUT2D eigenvalue weighted by Crippen LogP contribution is -2.13. The van der Waals surface area contributed by atoms with Crippen LogP contribution in [0.1, 0.15) is 10.4 Å². The first kappa shape index (κ1) is 14.6. The standard InChI is InChI=1S/C13H7Cl2FINO/c14-9-3-1-7(5-10(9)15)13(19)18-12-4-2-8(17)6-11(12)16/h1-6H,(H,18,19). The molecule has 2 nitrogen and oxygen atoms in total. The Balaban J connectivity index is 2.23. The zero-order valence-corrected chi connectivity index (χ0v) is 13.1. The average Bonchev–Trinajstić information content (AvgIpc) is 2.36. The third-order valence-corrected chi connectivity index (χ3v) is 3.77. The highest BCUT2D eigenvalue weighted by Gasteiger charge is 2.11. The van der Waals surface area contributed by atoms with E-state index in [4.69, 9.17) is 23.2 Å². The van der Waals surface area contributed by atoms with Crippen LogP contribution in [0.2, 0.25) is 10.0 Å². The number of hydrogen-bond donors (Lipinski definition) is 1. The van der Waals surface area contributed by atoms with E-state index >= 15 is 0 Å². The van der Waals surface area contributed by atoms with Crippen LogP contribution in [0.4, 0.5) is 10.1 Å². The van der Waals surface area contributed by atoms with Gasteiger partial charge in [-0.1, -0.05) is 23.2 Å². The smallest absolute Gasteiger partial charge is 0.255 e. The van der Waals surface area contributed by atoms with E-state index in [-0.39, 0.29) is 10.7 Å². The number of nitrogens with one attached hydrogen (secondary N) is 1. The van der Waals surface area contributed by atoms with Crippen molar-refractivity contribution >= 4 is 57.4 Å². The molecule has 0 radical (unpaired) electrons. The molecule has 0 aliphatic carbocycles. The van der Waals surface area contributed by atoms with Crippen molar-refractivity contribution in [3.63, 3.8) is 0 Å². The molecule has 0 unspecified atom stereocenters. The number of anilines is 1. The molecule has 0 saturated carbocycles. The Labute approximate surface area is 133 Å². The minimum atomic E-state index is -0.486. The molecule has 0 spiro atoms. The maximum absolute atomic E-state index is 13.6. The highest BCUT2D eigenvalue weighted by Crippen LogP contribution is 2.23. The summed E-state index contributed by atoms with van der Waals surface area (Å²) in [7, 11) is 0. The Morgan fingerprint density at radius 1 is 1.11 bits per heavy atom. The Kier molecular flexibility index (Phi) is 4.65. The van der Waals surface area contributed by atoms with Gasteiger partial charge in [0.25, 0.3) is 5.91 Å². The van der Waals surface area contributed by atoms with Crippen molar-refractivity contribution in [2.24, 2.45) is 0 Å². The summed E-state index contributed by atoms with van der Waals surface area (Å²) in [6.07, 6.45) is 0. The highest BCUT2D eigenvalue weighted by molar-refractivity contribution is 14.1. The van der Waals surface area contributed by atoms with E-state index in [1.54, 1.807) is 6.07 Å². The Morgan fingerprint density at radius 3 is 2.47 bits per heavy atom. The van der Waals surface area contributed by atoms with Gasteiger partial charge in [-0.3, -0.25) is 4.79 Å². The van der Waals surface area contributed by atoms with Crippen LogP contribution in [0, 0.1) is 9.39 Å². The molecule has 0 saturated heterocycles. The molecule has 2 aromatic carbocycles. The molecule has 0 atom stereocenters. The van der Waals surface area contributed by atoms with Crippen molar-refractivity contribution in [3.05, 3.63) is 61.4 Å². The number of benzene rings is 2. The van der Waals surface area contributed by atoms with E-state index in [1.807, 2.05) is 22.6 Å². The maximum Gasteiger partial charge on any atom is 0.255 e. The van der Waals surface area contributed by atoms with Crippen LogP contribution in [0.5, 0.6) is 0 Å². The van der Waals surface area contributed by atoms with E-state index in [9.17, 15) is 9.18 Å². The highest BCUT2D eigenvalue weighted by atomic mass is 127. The molecule has 2 aromatic rings. The molecule has 0 aliphatic rings. The minimum Gasteiger partial charge on any atom is -0.319 e. The van der Waals surface area contributed by atoms with E-state index < -0.39 is 11.7 Å². The largest absolute Gasteiger partial charge is 0.319 e. The quantitative estimate of drug-likeness (QED) is 0.695. The molecule has 6 heteroatoms. The van der Waals surface area contributed by atoms with Crippen LogP contribution in [0.25, 0.3) is 0 Å². The lowest BCUT2D eigenvalue weighted by Gasteiger charge is -2.07. The third kappa shape index (κ3) is 3.58. The fourth-order valence-electron chi connectivity index (χ4n) is 1.42. The van der Waals surface area contributed by atoms with E-state index in [0.29, 0.717) is 10.6 Å². The second-order valence-corrected chi connectivity index (χ2v) is 5.77. The van der Waals surface area contributed by atoms with Gasteiger partial charge in [0, 0.05) is 9.13 Å². The summed E-state index contributed by atoms with van der Waals surface area (Å²) >= 11 is 13.6. The van der Waals surface area contributed by atoms with Gasteiger partial charge >= 0.3 is 0 Å². The summed E-state index contributed by atoms with van der Waals surface area (Å²) in [6, 6.07) is 9.02. The molecule has 1 N–H and O–H groups in total. The monoisotopic (exact) mass is 409 g/mol. The molecular weight excluding hydrogens is 403 g/mol. The van der Waals surface area contributed by atoms with Crippen LogP contribution in [-0.2, 0) is 0 Å². The van der Waals surface area contributed by atoms with Gasteiger partial charge in [-0.05, 0) is 59.0 Å². The summed E-state index contributed by atoms with van der Waals surface area (Å²) in [5.74, 6) is -0.931. The van der Waals surface area contributed by atoms with Gasteiger partial charge in [-0.2, -0.15) is 0 Å². The molecule has 0 aromatic heterocycles. The first-order chi connectivity index (χ1) is 8.97. The average molecular weight is 410 g/mol. The molecule has 0 aliphatic heterocycles. The molecule has 1 amide bonds. The van der Waals surface area contributed by atoms with E-state index in [2.05, 4.69) is 5.32 Å². The summed E-state index contributed by atoms with van der Waals surface area (Å²) in [5.41, 5.74) is 0.434. The van der Waals surface area contributed by atoms with Gasteiger partial charge in [-0.25, -0.2) is 4.39 Å². The summed E-state index contributed by atoms with van der Waals surface area (Å²) in [5, 5.41) is 3.12. The lowest BCUT2D eigenvalue weighted by molar-refractivity contribution is 0.102. The number of carbonyl (C=O) groups excluding carboxylic acids is 1. The Hall–Kier alpha value is -0.850. The number of rotatable bonds is 2. The van der Waals surface area contributed by atoms with Crippen LogP contribution in [0.3, 0.4) is 0 Å². The van der Waals surface area contributed by atoms with Crippen LogP contribution in [0.15, 0.2) is 36.4 Å². The normalized spacial score (nSPS) is 10.3. The first-order valence-electron chi connectivity index (χ1n) is 5.19. The SMILES string of the molecule is O=C(Nc1ccc(I)cc1F)c1ccc(Cl)c(Cl)c1. The van der Waals surface area contributed by atoms with Crippen molar-refractivity contribution in [2.75, 3.05) is 5.32 Å². The van der Waals surface area contributed by atoms with Crippen LogP contribution in [-0.4, -0.2) is 5.91 Å². The molecule has 2 rings (SSSR count). The van der Waals surface area contributed by atoms with Gasteiger partial charge in [-0.15, -0.1) is 0 Å². The fraction of sp³-hybridized carbons (Fsp3) is 0. The van der Waals surface area contributed by atoms with E-state index in [0.717, 1.165) is 3.57 Å². The van der Waals surface area contributed by atoms with Crippen LogP contribution >= 0.6 is 45.8 Å². The lowest BCUT2D eigenvalue weighted by atomic mass is 10.2. The van der Waals surface area contributed by atoms with E-state index in [1.165, 1.54) is 30.3 Å². The zero-order valence-electron chi connectivity index (χ0n) is 9.38. The van der Waals surface area contributed by atoms with Gasteiger partial charge in [0.05, 0.1) is 15.7 Å². The number of amides is 1. The number of halogens is 4. The number of carbonyl (C=O) groups is 1. The maximum atomic E-state index is 13.6. The topological polar surface area (TPSA) is 29.1 Å². The van der Waals surface area contributed by atoms with Gasteiger partial charge in [0.1, 0.15) is 5.82 Å². The van der Waals surface area contributed by atoms with Crippen molar-refractivity contribution in [3.8, 4) is 0 Å². The second-order valence-electron chi connectivity index (χ2n) is 3.71. The molecule has 0 bridgehead atoms. The Bertz CT molecular complexity index is 649. The van der Waals surface area contributed by atoms with Crippen molar-refractivity contribution in [1.29, 1.82) is 0 Å². The van der Waals surface area contributed by atoms with Gasteiger partial charge in [0.15, 0.2) is 0 Å². The molecule has 98 valence electrons. The molecular formula is C13H7Cl2FINO. The van der Waals surface area contributed by atoms with Crippen LogP contribution < -0.4 is 5.32 Å². The predicted molar refractivity (Wildman–Crippen MR) is 83.5 cm³/mol. The minimum absolute atomic E-state index is 0.122. The van der Waals surface area contributed by atoms with Crippen molar-refractivity contribution < 1.29 is 9.18 Å². The summed E-state index contributed by atoms with van der Waals surface area (Å²) < 4.78 is 14.4. The number of hydrogen-bond acceptors (Lipinski definition) is 1. The predicted octanol–water partition coefficient (Wildman–Crippen LogP) is 4.99. The molecule has 0 heterocycles.